The third-order valence-corrected chi connectivity index (χ3v) is 7.67. The molecule has 1 atom stereocenters. The minimum absolute atomic E-state index is 0.356. The molecule has 34 heavy (non-hydrogen) atoms. The molecule has 0 radical (unpaired) electrons. The number of rotatable bonds is 4. The van der Waals surface area contributed by atoms with Crippen molar-refractivity contribution in [2.75, 3.05) is 0 Å². The Balaban J connectivity index is 1.36. The van der Waals surface area contributed by atoms with E-state index in [-0.39, 0.29) is 0 Å². The fraction of sp³-hybridized carbons (Fsp3) is 0.188. The van der Waals surface area contributed by atoms with Crippen molar-refractivity contribution in [2.45, 2.75) is 32.1 Å². The molecule has 5 aromatic rings. The molecule has 0 bridgehead atoms. The summed E-state index contributed by atoms with van der Waals surface area (Å²) in [5.74, 6) is 1.03. The van der Waals surface area contributed by atoms with Gasteiger partial charge in [-0.25, -0.2) is 0 Å². The molecule has 0 saturated carbocycles. The second kappa shape index (κ2) is 8.81. The van der Waals surface area contributed by atoms with Crippen LogP contribution in [0.3, 0.4) is 0 Å². The summed E-state index contributed by atoms with van der Waals surface area (Å²) in [7, 11) is 0. The average molecular weight is 463 g/mol. The molecule has 1 N–H and O–H groups in total. The Morgan fingerprint density at radius 3 is 2.38 bits per heavy atom. The van der Waals surface area contributed by atoms with Gasteiger partial charge in [-0.15, -0.1) is 0 Å². The Bertz CT molecular complexity index is 1490. The number of phenols is 1. The summed E-state index contributed by atoms with van der Waals surface area (Å²) >= 11 is 6.03. The van der Waals surface area contributed by atoms with Crippen LogP contribution in [0.4, 0.5) is 0 Å². The van der Waals surface area contributed by atoms with E-state index in [4.69, 9.17) is 11.6 Å². The van der Waals surface area contributed by atoms with Gasteiger partial charge >= 0.3 is 0 Å². The number of phenolic OH excluding ortho intramolecular Hbond substituents is 1. The quantitative estimate of drug-likeness (QED) is 0.266. The lowest BCUT2D eigenvalue weighted by molar-refractivity contribution is 0.458. The Morgan fingerprint density at radius 1 is 0.765 bits per heavy atom. The van der Waals surface area contributed by atoms with Gasteiger partial charge in [0.05, 0.1) is 0 Å². The maximum absolute atomic E-state index is 10.9. The van der Waals surface area contributed by atoms with E-state index in [0.29, 0.717) is 18.1 Å². The SMILES string of the molecule is Oc1cc2c(ccc3c4c(ccc32)CCC(Cc2ccccc2)C4)cc1Cc1ccc(Cl)cc1. The van der Waals surface area contributed by atoms with Crippen LogP contribution in [0.25, 0.3) is 21.5 Å². The van der Waals surface area contributed by atoms with Gasteiger partial charge in [0.25, 0.3) is 0 Å². The first-order valence-electron chi connectivity index (χ1n) is 12.1. The van der Waals surface area contributed by atoms with Crippen LogP contribution in [-0.4, -0.2) is 5.11 Å². The van der Waals surface area contributed by atoms with E-state index in [1.165, 1.54) is 39.3 Å². The third kappa shape index (κ3) is 4.06. The summed E-state index contributed by atoms with van der Waals surface area (Å²) in [5, 5.41) is 16.5. The van der Waals surface area contributed by atoms with Crippen LogP contribution >= 0.6 is 11.6 Å². The molecule has 1 aliphatic carbocycles. The molecule has 0 aromatic heterocycles. The van der Waals surface area contributed by atoms with Gasteiger partial charge in [0.2, 0.25) is 0 Å². The molecule has 0 aliphatic heterocycles. The molecule has 1 nitrogen and oxygen atoms in total. The Kier molecular flexibility index (Phi) is 5.51. The van der Waals surface area contributed by atoms with E-state index in [2.05, 4.69) is 60.7 Å². The second-order valence-corrected chi connectivity index (χ2v) is 10.1. The van der Waals surface area contributed by atoms with Crippen molar-refractivity contribution in [1.29, 1.82) is 0 Å². The van der Waals surface area contributed by atoms with Gasteiger partial charge < -0.3 is 5.11 Å². The van der Waals surface area contributed by atoms with Crippen LogP contribution in [0.5, 0.6) is 5.75 Å². The standard InChI is InChI=1S/C32H27ClO/c33-27-12-7-22(8-13-27)17-26-19-25-11-15-28-29(31(25)20-32(26)34)14-10-24-9-6-23(18-30(24)28)16-21-4-2-1-3-5-21/h1-5,7-8,10-15,19-20,23,34H,6,9,16-18H2. The molecule has 168 valence electrons. The molecule has 1 aliphatic rings. The first kappa shape index (κ1) is 21.3. The number of hydrogen-bond acceptors (Lipinski definition) is 1. The van der Waals surface area contributed by atoms with Crippen molar-refractivity contribution in [3.63, 3.8) is 0 Å². The fourth-order valence-corrected chi connectivity index (χ4v) is 5.77. The number of aryl methyl sites for hydroxylation is 1. The van der Waals surface area contributed by atoms with Crippen LogP contribution < -0.4 is 0 Å². The zero-order chi connectivity index (χ0) is 23.1. The van der Waals surface area contributed by atoms with Crippen molar-refractivity contribution in [3.05, 3.63) is 124 Å². The topological polar surface area (TPSA) is 20.2 Å². The van der Waals surface area contributed by atoms with Crippen LogP contribution in [0.2, 0.25) is 5.02 Å². The van der Waals surface area contributed by atoms with Crippen molar-refractivity contribution in [2.24, 2.45) is 5.92 Å². The number of halogens is 1. The van der Waals surface area contributed by atoms with E-state index in [9.17, 15) is 5.11 Å². The van der Waals surface area contributed by atoms with Crippen LogP contribution in [0.15, 0.2) is 91.0 Å². The van der Waals surface area contributed by atoms with Crippen LogP contribution in [0.1, 0.15) is 34.2 Å². The maximum Gasteiger partial charge on any atom is 0.119 e. The van der Waals surface area contributed by atoms with Crippen molar-refractivity contribution in [3.8, 4) is 5.75 Å². The average Bonchev–Trinajstić information content (AvgIpc) is 2.86. The smallest absolute Gasteiger partial charge is 0.119 e. The van der Waals surface area contributed by atoms with E-state index in [0.717, 1.165) is 40.8 Å². The molecule has 0 saturated heterocycles. The van der Waals surface area contributed by atoms with Gasteiger partial charge in [-0.1, -0.05) is 78.3 Å². The summed E-state index contributed by atoms with van der Waals surface area (Å²) in [5.41, 5.74) is 6.49. The predicted molar refractivity (Wildman–Crippen MR) is 143 cm³/mol. The number of hydrogen-bond donors (Lipinski definition) is 1. The van der Waals surface area contributed by atoms with Gasteiger partial charge in [0, 0.05) is 11.4 Å². The Morgan fingerprint density at radius 2 is 1.56 bits per heavy atom. The minimum atomic E-state index is 0.356. The Labute approximate surface area is 205 Å². The molecule has 6 rings (SSSR count). The molecular formula is C32H27ClO. The van der Waals surface area contributed by atoms with Gasteiger partial charge in [0.1, 0.15) is 5.75 Å². The fourth-order valence-electron chi connectivity index (χ4n) is 5.64. The normalized spacial score (nSPS) is 15.5. The van der Waals surface area contributed by atoms with E-state index >= 15 is 0 Å². The summed E-state index contributed by atoms with van der Waals surface area (Å²) < 4.78 is 0. The summed E-state index contributed by atoms with van der Waals surface area (Å²) in [6.45, 7) is 0. The molecule has 5 aromatic carbocycles. The predicted octanol–water partition coefficient (Wildman–Crippen LogP) is 8.29. The highest BCUT2D eigenvalue weighted by Crippen LogP contribution is 2.38. The van der Waals surface area contributed by atoms with Crippen molar-refractivity contribution < 1.29 is 5.11 Å². The molecular weight excluding hydrogens is 436 g/mol. The highest BCUT2D eigenvalue weighted by Gasteiger charge is 2.21. The zero-order valence-corrected chi connectivity index (χ0v) is 19.9. The first-order chi connectivity index (χ1) is 16.6. The van der Waals surface area contributed by atoms with Crippen molar-refractivity contribution >= 4 is 33.1 Å². The zero-order valence-electron chi connectivity index (χ0n) is 19.1. The number of fused-ring (bicyclic) bond motifs is 5. The molecule has 1 unspecified atom stereocenters. The summed E-state index contributed by atoms with van der Waals surface area (Å²) in [6.07, 6.45) is 5.33. The highest BCUT2D eigenvalue weighted by molar-refractivity contribution is 6.30. The van der Waals surface area contributed by atoms with Gasteiger partial charge in [-0.2, -0.15) is 0 Å². The van der Waals surface area contributed by atoms with Gasteiger partial charge in [-0.3, -0.25) is 0 Å². The highest BCUT2D eigenvalue weighted by atomic mass is 35.5. The molecule has 0 heterocycles. The van der Waals surface area contributed by atoms with Gasteiger partial charge in [0.15, 0.2) is 0 Å². The molecule has 0 amide bonds. The lowest BCUT2D eigenvalue weighted by Gasteiger charge is -2.26. The van der Waals surface area contributed by atoms with Gasteiger partial charge in [-0.05, 0) is 105 Å². The first-order valence-corrected chi connectivity index (χ1v) is 12.5. The molecule has 0 fully saturated rings. The van der Waals surface area contributed by atoms with Crippen LogP contribution in [-0.2, 0) is 25.7 Å². The lowest BCUT2D eigenvalue weighted by Crippen LogP contribution is -2.16. The van der Waals surface area contributed by atoms with Crippen LogP contribution in [0, 0.1) is 5.92 Å². The maximum atomic E-state index is 10.9. The second-order valence-electron chi connectivity index (χ2n) is 9.67. The summed E-state index contributed by atoms with van der Waals surface area (Å²) in [6, 6.07) is 31.9. The Hall–Kier alpha value is -3.29. The summed E-state index contributed by atoms with van der Waals surface area (Å²) in [4.78, 5) is 0. The minimum Gasteiger partial charge on any atom is -0.508 e. The van der Waals surface area contributed by atoms with E-state index in [1.54, 1.807) is 0 Å². The monoisotopic (exact) mass is 462 g/mol. The molecule has 2 heteroatoms. The number of benzene rings is 5. The van der Waals surface area contributed by atoms with E-state index in [1.807, 2.05) is 30.3 Å². The third-order valence-electron chi connectivity index (χ3n) is 7.41. The lowest BCUT2D eigenvalue weighted by atomic mass is 9.78. The largest absolute Gasteiger partial charge is 0.508 e. The molecule has 0 spiro atoms. The van der Waals surface area contributed by atoms with Crippen molar-refractivity contribution in [1.82, 2.24) is 0 Å². The van der Waals surface area contributed by atoms with E-state index < -0.39 is 0 Å². The number of aromatic hydroxyl groups is 1.